The minimum atomic E-state index is 0. The summed E-state index contributed by atoms with van der Waals surface area (Å²) in [6, 6.07) is 5.50. The zero-order chi connectivity index (χ0) is 10.6. The van der Waals surface area contributed by atoms with E-state index in [9.17, 15) is 5.11 Å². The molecular formula is C11H18ClNO2. The van der Waals surface area contributed by atoms with Gasteiger partial charge in [0, 0.05) is 6.04 Å². The second-order valence-electron chi connectivity index (χ2n) is 3.38. The Balaban J connectivity index is 0.00000196. The van der Waals surface area contributed by atoms with Gasteiger partial charge in [0.15, 0.2) is 11.5 Å². The van der Waals surface area contributed by atoms with E-state index in [1.165, 1.54) is 0 Å². The SMILES string of the molecule is CCC(N)Cc1ccc(O)c(OC)c1.Cl. The van der Waals surface area contributed by atoms with Gasteiger partial charge in [-0.2, -0.15) is 0 Å². The Kier molecular flexibility index (Phi) is 6.13. The normalized spacial score (nSPS) is 11.7. The molecule has 0 bridgehead atoms. The summed E-state index contributed by atoms with van der Waals surface area (Å²) >= 11 is 0. The molecule has 1 unspecified atom stereocenters. The van der Waals surface area contributed by atoms with E-state index in [4.69, 9.17) is 10.5 Å². The average molecular weight is 232 g/mol. The van der Waals surface area contributed by atoms with Crippen molar-refractivity contribution < 1.29 is 9.84 Å². The number of methoxy groups -OCH3 is 1. The predicted molar refractivity (Wildman–Crippen MR) is 63.9 cm³/mol. The molecule has 0 aliphatic carbocycles. The predicted octanol–water partition coefficient (Wildman–Crippen LogP) is 2.10. The van der Waals surface area contributed by atoms with Crippen LogP contribution in [-0.2, 0) is 6.42 Å². The van der Waals surface area contributed by atoms with Gasteiger partial charge in [-0.05, 0) is 30.5 Å². The Bertz CT molecular complexity index is 305. The van der Waals surface area contributed by atoms with E-state index in [1.54, 1.807) is 13.2 Å². The number of halogens is 1. The van der Waals surface area contributed by atoms with Crippen molar-refractivity contribution in [2.45, 2.75) is 25.8 Å². The molecule has 86 valence electrons. The Morgan fingerprint density at radius 2 is 2.13 bits per heavy atom. The monoisotopic (exact) mass is 231 g/mol. The maximum Gasteiger partial charge on any atom is 0.160 e. The fourth-order valence-electron chi connectivity index (χ4n) is 1.30. The first kappa shape index (κ1) is 14.1. The Morgan fingerprint density at radius 3 is 2.67 bits per heavy atom. The summed E-state index contributed by atoms with van der Waals surface area (Å²) in [6.45, 7) is 2.06. The zero-order valence-corrected chi connectivity index (χ0v) is 9.88. The number of benzene rings is 1. The average Bonchev–Trinajstić information content (AvgIpc) is 2.20. The number of nitrogens with two attached hydrogens (primary N) is 1. The van der Waals surface area contributed by atoms with Crippen molar-refractivity contribution in [1.29, 1.82) is 0 Å². The first-order chi connectivity index (χ1) is 6.67. The molecule has 0 fully saturated rings. The quantitative estimate of drug-likeness (QED) is 0.835. The maximum absolute atomic E-state index is 9.37. The molecule has 0 aromatic heterocycles. The van der Waals surface area contributed by atoms with Gasteiger partial charge in [-0.1, -0.05) is 13.0 Å². The molecule has 1 rings (SSSR count). The zero-order valence-electron chi connectivity index (χ0n) is 9.06. The van der Waals surface area contributed by atoms with Gasteiger partial charge in [0.1, 0.15) is 0 Å². The third kappa shape index (κ3) is 3.98. The molecule has 0 saturated heterocycles. The molecule has 15 heavy (non-hydrogen) atoms. The van der Waals surface area contributed by atoms with E-state index in [1.807, 2.05) is 12.1 Å². The molecule has 0 spiro atoms. The molecule has 4 heteroatoms. The summed E-state index contributed by atoms with van der Waals surface area (Å²) in [7, 11) is 1.54. The van der Waals surface area contributed by atoms with Gasteiger partial charge in [-0.3, -0.25) is 0 Å². The maximum atomic E-state index is 9.37. The second-order valence-corrected chi connectivity index (χ2v) is 3.38. The molecule has 1 aromatic rings. The largest absolute Gasteiger partial charge is 0.504 e. The Morgan fingerprint density at radius 1 is 1.47 bits per heavy atom. The molecule has 0 heterocycles. The minimum Gasteiger partial charge on any atom is -0.504 e. The van der Waals surface area contributed by atoms with Gasteiger partial charge >= 0.3 is 0 Å². The summed E-state index contributed by atoms with van der Waals surface area (Å²) in [5.41, 5.74) is 6.92. The summed E-state index contributed by atoms with van der Waals surface area (Å²) in [4.78, 5) is 0. The van der Waals surface area contributed by atoms with E-state index in [0.29, 0.717) is 5.75 Å². The van der Waals surface area contributed by atoms with Crippen LogP contribution in [0.5, 0.6) is 11.5 Å². The van der Waals surface area contributed by atoms with Crippen LogP contribution < -0.4 is 10.5 Å². The summed E-state index contributed by atoms with van der Waals surface area (Å²) in [6.07, 6.45) is 1.76. The highest BCUT2D eigenvalue weighted by Gasteiger charge is 2.05. The number of phenolic OH excluding ortho intramolecular Hbond substituents is 1. The van der Waals surface area contributed by atoms with Crippen molar-refractivity contribution in [3.63, 3.8) is 0 Å². The topological polar surface area (TPSA) is 55.5 Å². The van der Waals surface area contributed by atoms with Gasteiger partial charge in [0.25, 0.3) is 0 Å². The molecule has 0 aliphatic heterocycles. The fourth-order valence-corrected chi connectivity index (χ4v) is 1.30. The van der Waals surface area contributed by atoms with Crippen LogP contribution in [-0.4, -0.2) is 18.3 Å². The van der Waals surface area contributed by atoms with Crippen LogP contribution in [0.3, 0.4) is 0 Å². The lowest BCUT2D eigenvalue weighted by Crippen LogP contribution is -2.21. The lowest BCUT2D eigenvalue weighted by Gasteiger charge is -2.10. The van der Waals surface area contributed by atoms with E-state index in [-0.39, 0.29) is 24.2 Å². The first-order valence-corrected chi connectivity index (χ1v) is 4.78. The number of rotatable bonds is 4. The number of aromatic hydroxyl groups is 1. The number of hydrogen-bond donors (Lipinski definition) is 2. The van der Waals surface area contributed by atoms with Gasteiger partial charge in [0.05, 0.1) is 7.11 Å². The number of ether oxygens (including phenoxy) is 1. The van der Waals surface area contributed by atoms with Crippen molar-refractivity contribution >= 4 is 12.4 Å². The molecule has 0 radical (unpaired) electrons. The molecule has 3 N–H and O–H groups in total. The second kappa shape index (κ2) is 6.53. The Labute approximate surface area is 96.7 Å². The van der Waals surface area contributed by atoms with Crippen LogP contribution in [0.4, 0.5) is 0 Å². The van der Waals surface area contributed by atoms with Crippen LogP contribution in [0, 0.1) is 0 Å². The molecule has 3 nitrogen and oxygen atoms in total. The van der Waals surface area contributed by atoms with Crippen molar-refractivity contribution in [2.75, 3.05) is 7.11 Å². The third-order valence-corrected chi connectivity index (χ3v) is 2.27. The van der Waals surface area contributed by atoms with Gasteiger partial charge in [-0.25, -0.2) is 0 Å². The lowest BCUT2D eigenvalue weighted by molar-refractivity contribution is 0.373. The first-order valence-electron chi connectivity index (χ1n) is 4.78. The smallest absolute Gasteiger partial charge is 0.160 e. The minimum absolute atomic E-state index is 0. The lowest BCUT2D eigenvalue weighted by atomic mass is 10.0. The summed E-state index contributed by atoms with van der Waals surface area (Å²) in [5.74, 6) is 0.673. The summed E-state index contributed by atoms with van der Waals surface area (Å²) < 4.78 is 5.01. The molecule has 0 saturated carbocycles. The van der Waals surface area contributed by atoms with Gasteiger partial charge in [0.2, 0.25) is 0 Å². The molecule has 1 atom stereocenters. The van der Waals surface area contributed by atoms with E-state index < -0.39 is 0 Å². The van der Waals surface area contributed by atoms with Crippen molar-refractivity contribution in [3.05, 3.63) is 23.8 Å². The van der Waals surface area contributed by atoms with Crippen LogP contribution in [0.2, 0.25) is 0 Å². The molecule has 1 aromatic carbocycles. The van der Waals surface area contributed by atoms with Crippen molar-refractivity contribution in [3.8, 4) is 11.5 Å². The standard InChI is InChI=1S/C11H17NO2.ClH/c1-3-9(12)6-8-4-5-10(13)11(7-8)14-2;/h4-5,7,9,13H,3,6,12H2,1-2H3;1H. The highest BCUT2D eigenvalue weighted by molar-refractivity contribution is 5.85. The van der Waals surface area contributed by atoms with E-state index in [0.717, 1.165) is 18.4 Å². The highest BCUT2D eigenvalue weighted by atomic mass is 35.5. The number of phenols is 1. The van der Waals surface area contributed by atoms with Crippen molar-refractivity contribution in [1.82, 2.24) is 0 Å². The van der Waals surface area contributed by atoms with Crippen LogP contribution in [0.15, 0.2) is 18.2 Å². The van der Waals surface area contributed by atoms with Crippen LogP contribution in [0.1, 0.15) is 18.9 Å². The third-order valence-electron chi connectivity index (χ3n) is 2.27. The van der Waals surface area contributed by atoms with Crippen molar-refractivity contribution in [2.24, 2.45) is 5.73 Å². The molecule has 0 amide bonds. The van der Waals surface area contributed by atoms with E-state index in [2.05, 4.69) is 6.92 Å². The van der Waals surface area contributed by atoms with E-state index >= 15 is 0 Å². The molecular weight excluding hydrogens is 214 g/mol. The fraction of sp³-hybridized carbons (Fsp3) is 0.455. The van der Waals surface area contributed by atoms with Gasteiger partial charge < -0.3 is 15.6 Å². The van der Waals surface area contributed by atoms with Gasteiger partial charge in [-0.15, -0.1) is 12.4 Å². The van der Waals surface area contributed by atoms with Crippen LogP contribution >= 0.6 is 12.4 Å². The Hall–Kier alpha value is -0.930. The molecule has 0 aliphatic rings. The summed E-state index contributed by atoms with van der Waals surface area (Å²) in [5, 5.41) is 9.37. The number of hydrogen-bond acceptors (Lipinski definition) is 3. The highest BCUT2D eigenvalue weighted by Crippen LogP contribution is 2.26. The van der Waals surface area contributed by atoms with Crippen LogP contribution in [0.25, 0.3) is 0 Å².